The quantitative estimate of drug-likeness (QED) is 0.131. The Morgan fingerprint density at radius 2 is 1.73 bits per heavy atom. The summed E-state index contributed by atoms with van der Waals surface area (Å²) in [5.74, 6) is -5.51. The van der Waals surface area contributed by atoms with Gasteiger partial charge in [-0.05, 0) is 51.2 Å². The first-order valence-corrected chi connectivity index (χ1v) is 19.1. The fourth-order valence-corrected chi connectivity index (χ4v) is 8.96. The average molecular weight is 745 g/mol. The number of nitrogens with two attached hydrogens (primary N) is 1. The zero-order chi connectivity index (χ0) is 38.0. The Bertz CT molecular complexity index is 1820. The number of Topliss-reactive ketones (excluding diaryl/α,β-unsaturated/α-hetero) is 1. The molecule has 19 heteroatoms. The van der Waals surface area contributed by atoms with Crippen LogP contribution in [0.1, 0.15) is 93.7 Å². The van der Waals surface area contributed by atoms with E-state index in [9.17, 15) is 47.6 Å². The number of hydrogen-bond donors (Lipinski definition) is 4. The summed E-state index contributed by atoms with van der Waals surface area (Å²) < 4.78 is 26.0. The topological polar surface area (TPSA) is 267 Å². The van der Waals surface area contributed by atoms with Gasteiger partial charge in [-0.2, -0.15) is 0 Å². The van der Waals surface area contributed by atoms with Crippen molar-refractivity contribution in [1.82, 2.24) is 30.5 Å². The predicted molar refractivity (Wildman–Crippen MR) is 183 cm³/mol. The summed E-state index contributed by atoms with van der Waals surface area (Å²) in [5.41, 5.74) is 2.18. The number of aliphatic hydroxyl groups is 1. The van der Waals surface area contributed by atoms with E-state index in [1.54, 1.807) is 0 Å². The van der Waals surface area contributed by atoms with Gasteiger partial charge in [0.25, 0.3) is 17.5 Å². The molecular formula is C33H44N8O10S. The van der Waals surface area contributed by atoms with Crippen LogP contribution in [-0.4, -0.2) is 103 Å². The number of likely N-dealkylation sites (tertiary alicyclic amines) is 1. The first kappa shape index (κ1) is 38.5. The monoisotopic (exact) mass is 744 g/mol. The number of hydrogen-bond acceptors (Lipinski definition) is 12. The van der Waals surface area contributed by atoms with Gasteiger partial charge in [-0.25, -0.2) is 13.1 Å². The lowest BCUT2D eigenvalue weighted by Gasteiger charge is -2.37. The van der Waals surface area contributed by atoms with Crippen molar-refractivity contribution in [3.8, 4) is 0 Å². The maximum atomic E-state index is 14.7. The van der Waals surface area contributed by atoms with E-state index < -0.39 is 97.8 Å². The first-order valence-electron chi connectivity index (χ1n) is 17.3. The molecule has 4 amide bonds. The molecule has 52 heavy (non-hydrogen) atoms. The number of non-ortho nitro benzene ring substituents is 1. The lowest BCUT2D eigenvalue weighted by Crippen LogP contribution is -2.64. The third-order valence-electron chi connectivity index (χ3n) is 10.4. The molecule has 2 aliphatic heterocycles. The minimum atomic E-state index is -3.55. The van der Waals surface area contributed by atoms with Gasteiger partial charge in [-0.3, -0.25) is 34.1 Å². The Labute approximate surface area is 299 Å². The van der Waals surface area contributed by atoms with Crippen LogP contribution in [0.25, 0.3) is 0 Å². The van der Waals surface area contributed by atoms with Crippen LogP contribution in [0.15, 0.2) is 30.5 Å². The predicted octanol–water partition coefficient (Wildman–Crippen LogP) is 0.443. The molecule has 1 aromatic heterocycles. The van der Waals surface area contributed by atoms with E-state index in [1.807, 2.05) is 0 Å². The SMILES string of the molecule is CC(C)(O)c1cnnn1C1CC(C(=O)NC2(C(=O)C(N)=O)CCS(=O)(=O)CC2)N(C(=O)[C@@H](CC2CCCCC2)NC(=O)c2ccc([N+](=O)[O-])cc2)C1. The lowest BCUT2D eigenvalue weighted by atomic mass is 9.84. The van der Waals surface area contributed by atoms with Crippen LogP contribution in [-0.2, 0) is 34.6 Å². The summed E-state index contributed by atoms with van der Waals surface area (Å²) in [7, 11) is -3.55. The first-order chi connectivity index (χ1) is 24.4. The Kier molecular flexibility index (Phi) is 11.1. The van der Waals surface area contributed by atoms with Crippen LogP contribution < -0.4 is 16.4 Å². The van der Waals surface area contributed by atoms with Gasteiger partial charge in [0.05, 0.1) is 34.4 Å². The van der Waals surface area contributed by atoms with Crippen molar-refractivity contribution in [2.24, 2.45) is 11.7 Å². The van der Waals surface area contributed by atoms with Gasteiger partial charge in [-0.1, -0.05) is 37.3 Å². The minimum absolute atomic E-state index is 0.0725. The second-order valence-corrected chi connectivity index (χ2v) is 16.8. The number of rotatable bonds is 12. The fourth-order valence-electron chi connectivity index (χ4n) is 7.44. The normalized spacial score (nSPS) is 22.2. The van der Waals surface area contributed by atoms with E-state index in [0.717, 1.165) is 32.1 Å². The molecule has 1 aliphatic carbocycles. The van der Waals surface area contributed by atoms with Crippen LogP contribution in [0.4, 0.5) is 5.69 Å². The molecule has 5 N–H and O–H groups in total. The molecule has 5 rings (SSSR count). The molecule has 3 heterocycles. The molecule has 282 valence electrons. The molecule has 2 unspecified atom stereocenters. The molecule has 0 spiro atoms. The summed E-state index contributed by atoms with van der Waals surface area (Å²) in [4.78, 5) is 79.5. The molecule has 18 nitrogen and oxygen atoms in total. The van der Waals surface area contributed by atoms with E-state index in [-0.39, 0.29) is 36.6 Å². The van der Waals surface area contributed by atoms with Gasteiger partial charge < -0.3 is 26.4 Å². The number of sulfone groups is 1. The summed E-state index contributed by atoms with van der Waals surface area (Å²) >= 11 is 0. The highest BCUT2D eigenvalue weighted by Crippen LogP contribution is 2.35. The second-order valence-electron chi connectivity index (χ2n) is 14.5. The average Bonchev–Trinajstić information content (AvgIpc) is 3.77. The van der Waals surface area contributed by atoms with Gasteiger partial charge in [0.15, 0.2) is 9.84 Å². The number of carbonyl (C=O) groups excluding carboxylic acids is 5. The Balaban J connectivity index is 1.49. The number of nitrogens with one attached hydrogen (secondary N) is 2. The van der Waals surface area contributed by atoms with Crippen molar-refractivity contribution in [2.45, 2.75) is 101 Å². The zero-order valence-corrected chi connectivity index (χ0v) is 29.8. The van der Waals surface area contributed by atoms with E-state index in [0.29, 0.717) is 5.69 Å². The van der Waals surface area contributed by atoms with Gasteiger partial charge in [0.1, 0.15) is 23.2 Å². The Morgan fingerprint density at radius 1 is 1.10 bits per heavy atom. The summed E-state index contributed by atoms with van der Waals surface area (Å²) in [6, 6.07) is 1.77. The van der Waals surface area contributed by atoms with Crippen molar-refractivity contribution in [1.29, 1.82) is 0 Å². The number of nitro benzene ring substituents is 1. The largest absolute Gasteiger partial charge is 0.384 e. The number of nitro groups is 1. The molecule has 3 atom stereocenters. The fraction of sp³-hybridized carbons (Fsp3) is 0.606. The summed E-state index contributed by atoms with van der Waals surface area (Å²) in [6.07, 6.45) is 5.29. The van der Waals surface area contributed by atoms with Crippen molar-refractivity contribution in [3.63, 3.8) is 0 Å². The van der Waals surface area contributed by atoms with Crippen LogP contribution in [0.3, 0.4) is 0 Å². The third-order valence-corrected chi connectivity index (χ3v) is 12.0. The standard InChI is InChI=1S/C33H44N8O10S/c1-32(2,47)26-18-35-38-40(26)23-17-25(30(45)37-33(27(42)28(34)43)12-14-52(50,51)15-13-33)39(19-23)31(46)24(16-20-6-4-3-5-7-20)36-29(44)21-8-10-22(11-9-21)41(48)49/h8-11,18,20,23-25,47H,3-7,12-17,19H2,1-2H3,(H2,34,43)(H,36,44)(H,37,45)/t23?,24-,25?/m1/s1. The van der Waals surface area contributed by atoms with Crippen molar-refractivity contribution in [2.75, 3.05) is 18.1 Å². The van der Waals surface area contributed by atoms with E-state index in [2.05, 4.69) is 20.9 Å². The molecule has 1 saturated carbocycles. The van der Waals surface area contributed by atoms with Crippen LogP contribution in [0, 0.1) is 16.0 Å². The van der Waals surface area contributed by atoms with E-state index >= 15 is 0 Å². The Morgan fingerprint density at radius 3 is 2.31 bits per heavy atom. The van der Waals surface area contributed by atoms with Crippen LogP contribution in [0.5, 0.6) is 0 Å². The highest BCUT2D eigenvalue weighted by molar-refractivity contribution is 7.91. The number of primary amides is 1. The highest BCUT2D eigenvalue weighted by atomic mass is 32.2. The molecule has 3 fully saturated rings. The summed E-state index contributed by atoms with van der Waals surface area (Å²) in [5, 5.41) is 35.5. The number of benzene rings is 1. The number of amides is 4. The number of carbonyl (C=O) groups is 5. The molecule has 0 radical (unpaired) electrons. The third kappa shape index (κ3) is 8.46. The lowest BCUT2D eigenvalue weighted by molar-refractivity contribution is -0.384. The van der Waals surface area contributed by atoms with E-state index in [4.69, 9.17) is 5.73 Å². The van der Waals surface area contributed by atoms with Crippen molar-refractivity contribution >= 4 is 44.9 Å². The highest BCUT2D eigenvalue weighted by Gasteiger charge is 2.50. The number of aromatic nitrogens is 3. The molecule has 1 aromatic carbocycles. The minimum Gasteiger partial charge on any atom is -0.384 e. The van der Waals surface area contributed by atoms with Gasteiger partial charge in [0.2, 0.25) is 17.6 Å². The van der Waals surface area contributed by atoms with Crippen LogP contribution >= 0.6 is 0 Å². The van der Waals surface area contributed by atoms with Gasteiger partial charge in [-0.15, -0.1) is 5.10 Å². The van der Waals surface area contributed by atoms with Gasteiger partial charge in [0, 0.05) is 30.7 Å². The number of nitrogens with zero attached hydrogens (tertiary/aromatic N) is 5. The van der Waals surface area contributed by atoms with E-state index in [1.165, 1.54) is 53.9 Å². The molecule has 0 bridgehead atoms. The maximum Gasteiger partial charge on any atom is 0.287 e. The zero-order valence-electron chi connectivity index (χ0n) is 29.0. The second kappa shape index (κ2) is 15.1. The van der Waals surface area contributed by atoms with Gasteiger partial charge >= 0.3 is 0 Å². The maximum absolute atomic E-state index is 14.7. The smallest absolute Gasteiger partial charge is 0.287 e. The van der Waals surface area contributed by atoms with Crippen LogP contribution in [0.2, 0.25) is 0 Å². The Hall–Kier alpha value is -4.78. The van der Waals surface area contributed by atoms with Crippen molar-refractivity contribution < 1.29 is 42.4 Å². The molecule has 3 aliphatic rings. The summed E-state index contributed by atoms with van der Waals surface area (Å²) in [6.45, 7) is 2.92. The molecular weight excluding hydrogens is 700 g/mol. The molecule has 2 saturated heterocycles. The molecule has 2 aromatic rings. The number of ketones is 1. The van der Waals surface area contributed by atoms with Crippen molar-refractivity contribution in [3.05, 3.63) is 51.8 Å².